The first-order valence-corrected chi connectivity index (χ1v) is 6.38. The maximum Gasteiger partial charge on any atom is 0.0189 e. The highest BCUT2D eigenvalue weighted by molar-refractivity contribution is 5.10. The Morgan fingerprint density at radius 1 is 1.14 bits per heavy atom. The maximum absolute atomic E-state index is 3.67. The highest BCUT2D eigenvalue weighted by Crippen LogP contribution is 2.62. The lowest BCUT2D eigenvalue weighted by molar-refractivity contribution is -0.0807. The van der Waals surface area contributed by atoms with E-state index in [9.17, 15) is 0 Å². The number of rotatable bonds is 2. The highest BCUT2D eigenvalue weighted by Gasteiger charge is 2.56. The normalized spacial score (nSPS) is 55.3. The van der Waals surface area contributed by atoms with Crippen LogP contribution in [0.2, 0.25) is 0 Å². The zero-order valence-electron chi connectivity index (χ0n) is 9.60. The molecule has 1 nitrogen and oxygen atoms in total. The van der Waals surface area contributed by atoms with Gasteiger partial charge in [0.25, 0.3) is 0 Å². The third kappa shape index (κ3) is 1.11. The molecule has 4 atom stereocenters. The van der Waals surface area contributed by atoms with Crippen LogP contribution in [0.4, 0.5) is 0 Å². The van der Waals surface area contributed by atoms with Crippen molar-refractivity contribution in [1.82, 2.24) is 5.32 Å². The molecule has 80 valence electrons. The Bertz CT molecular complexity index is 210. The lowest BCUT2D eigenvalue weighted by atomic mass is 9.46. The van der Waals surface area contributed by atoms with Crippen molar-refractivity contribution in [2.45, 2.75) is 57.4 Å². The van der Waals surface area contributed by atoms with E-state index in [1.807, 2.05) is 0 Å². The molecule has 4 aliphatic rings. The molecule has 4 bridgehead atoms. The summed E-state index contributed by atoms with van der Waals surface area (Å²) in [5, 5.41) is 3.67. The Morgan fingerprint density at radius 3 is 2.29 bits per heavy atom. The average molecular weight is 193 g/mol. The van der Waals surface area contributed by atoms with Gasteiger partial charge < -0.3 is 5.32 Å². The molecule has 0 aromatic heterocycles. The predicted molar refractivity (Wildman–Crippen MR) is 59.2 cm³/mol. The molecule has 1 N–H and O–H groups in total. The smallest absolute Gasteiger partial charge is 0.0189 e. The van der Waals surface area contributed by atoms with Crippen LogP contribution in [0.25, 0.3) is 0 Å². The van der Waals surface area contributed by atoms with Gasteiger partial charge in [-0.1, -0.05) is 13.3 Å². The zero-order chi connectivity index (χ0) is 9.81. The molecular weight excluding hydrogens is 170 g/mol. The van der Waals surface area contributed by atoms with Crippen molar-refractivity contribution in [3.05, 3.63) is 0 Å². The Labute approximate surface area is 87.7 Å². The van der Waals surface area contributed by atoms with Gasteiger partial charge in [-0.05, 0) is 62.8 Å². The van der Waals surface area contributed by atoms with E-state index in [4.69, 9.17) is 0 Å². The van der Waals surface area contributed by atoms with Crippen LogP contribution in [0.5, 0.6) is 0 Å². The van der Waals surface area contributed by atoms with Gasteiger partial charge in [-0.25, -0.2) is 0 Å². The third-order valence-corrected chi connectivity index (χ3v) is 5.46. The summed E-state index contributed by atoms with van der Waals surface area (Å²) in [5.74, 6) is 2.12. The fraction of sp³-hybridized carbons (Fsp3) is 1.00. The van der Waals surface area contributed by atoms with Crippen molar-refractivity contribution in [3.63, 3.8) is 0 Å². The van der Waals surface area contributed by atoms with Gasteiger partial charge in [0.1, 0.15) is 0 Å². The fourth-order valence-corrected chi connectivity index (χ4v) is 5.16. The van der Waals surface area contributed by atoms with E-state index in [-0.39, 0.29) is 0 Å². The Morgan fingerprint density at radius 2 is 1.79 bits per heavy atom. The molecular formula is C13H23N. The first kappa shape index (κ1) is 9.21. The minimum atomic E-state index is 0.556. The van der Waals surface area contributed by atoms with Gasteiger partial charge in [-0.2, -0.15) is 0 Å². The lowest BCUT2D eigenvalue weighted by Gasteiger charge is -2.62. The molecule has 4 fully saturated rings. The number of nitrogens with one attached hydrogen (secondary N) is 1. The quantitative estimate of drug-likeness (QED) is 0.711. The largest absolute Gasteiger partial charge is 0.314 e. The number of hydrogen-bond acceptors (Lipinski definition) is 1. The van der Waals surface area contributed by atoms with Crippen molar-refractivity contribution < 1.29 is 0 Å². The first-order valence-electron chi connectivity index (χ1n) is 6.38. The van der Waals surface area contributed by atoms with Crippen LogP contribution in [0.1, 0.15) is 51.9 Å². The van der Waals surface area contributed by atoms with Crippen LogP contribution in [0.15, 0.2) is 0 Å². The van der Waals surface area contributed by atoms with Crippen LogP contribution in [-0.2, 0) is 0 Å². The summed E-state index contributed by atoms with van der Waals surface area (Å²) in [6.07, 6.45) is 10.5. The van der Waals surface area contributed by atoms with Gasteiger partial charge in [-0.3, -0.25) is 0 Å². The lowest BCUT2D eigenvalue weighted by Crippen LogP contribution is -2.60. The molecule has 4 aliphatic carbocycles. The number of hydrogen-bond donors (Lipinski definition) is 1. The van der Waals surface area contributed by atoms with Crippen molar-refractivity contribution in [2.75, 3.05) is 7.05 Å². The molecule has 0 radical (unpaired) electrons. The van der Waals surface area contributed by atoms with E-state index in [1.165, 1.54) is 25.7 Å². The van der Waals surface area contributed by atoms with E-state index < -0.39 is 0 Å². The van der Waals surface area contributed by atoms with Gasteiger partial charge in [0, 0.05) is 5.54 Å². The molecule has 0 spiro atoms. The Hall–Kier alpha value is -0.0400. The van der Waals surface area contributed by atoms with Crippen molar-refractivity contribution >= 4 is 0 Å². The minimum Gasteiger partial charge on any atom is -0.314 e. The minimum absolute atomic E-state index is 0.556. The van der Waals surface area contributed by atoms with Crippen LogP contribution in [0.3, 0.4) is 0 Å². The standard InChI is InChI=1S/C13H23N/c1-3-12-5-10-4-11(6-12)8-13(7-10,9-12)14-2/h10-11,14H,3-9H2,1-2H3/t10-,11+,12?,13?. The Kier molecular flexibility index (Phi) is 1.81. The van der Waals surface area contributed by atoms with E-state index in [2.05, 4.69) is 19.3 Å². The Balaban J connectivity index is 1.94. The summed E-state index contributed by atoms with van der Waals surface area (Å²) in [6.45, 7) is 2.41. The maximum atomic E-state index is 3.67. The third-order valence-electron chi connectivity index (χ3n) is 5.46. The average Bonchev–Trinajstić information content (AvgIpc) is 2.16. The van der Waals surface area contributed by atoms with E-state index in [0.29, 0.717) is 5.54 Å². The van der Waals surface area contributed by atoms with Gasteiger partial charge in [0.05, 0.1) is 0 Å². The second-order valence-corrected chi connectivity index (χ2v) is 6.34. The summed E-state index contributed by atoms with van der Waals surface area (Å²) in [4.78, 5) is 0. The van der Waals surface area contributed by atoms with Crippen molar-refractivity contribution in [1.29, 1.82) is 0 Å². The van der Waals surface area contributed by atoms with Crippen LogP contribution < -0.4 is 5.32 Å². The highest BCUT2D eigenvalue weighted by atomic mass is 15.0. The predicted octanol–water partition coefficient (Wildman–Crippen LogP) is 2.95. The first-order chi connectivity index (χ1) is 6.69. The molecule has 0 amide bonds. The van der Waals surface area contributed by atoms with E-state index in [1.54, 1.807) is 19.3 Å². The molecule has 0 aliphatic heterocycles. The van der Waals surface area contributed by atoms with Gasteiger partial charge in [0.2, 0.25) is 0 Å². The van der Waals surface area contributed by atoms with E-state index in [0.717, 1.165) is 17.3 Å². The van der Waals surface area contributed by atoms with Crippen LogP contribution >= 0.6 is 0 Å². The summed E-state index contributed by atoms with van der Waals surface area (Å²) in [7, 11) is 2.19. The SMILES string of the molecule is CCC12C[C@H]3C[C@@H](C1)CC(NC)(C3)C2. The second kappa shape index (κ2) is 2.75. The molecule has 0 aromatic carbocycles. The molecule has 4 saturated carbocycles. The molecule has 0 saturated heterocycles. The summed E-state index contributed by atoms with van der Waals surface area (Å²) >= 11 is 0. The molecule has 1 heteroatoms. The van der Waals surface area contributed by atoms with Gasteiger partial charge in [-0.15, -0.1) is 0 Å². The van der Waals surface area contributed by atoms with Crippen molar-refractivity contribution in [2.24, 2.45) is 17.3 Å². The van der Waals surface area contributed by atoms with Gasteiger partial charge in [0.15, 0.2) is 0 Å². The van der Waals surface area contributed by atoms with Gasteiger partial charge >= 0.3 is 0 Å². The van der Waals surface area contributed by atoms with Crippen LogP contribution in [-0.4, -0.2) is 12.6 Å². The zero-order valence-corrected chi connectivity index (χ0v) is 9.60. The second-order valence-electron chi connectivity index (χ2n) is 6.34. The van der Waals surface area contributed by atoms with Crippen molar-refractivity contribution in [3.8, 4) is 0 Å². The molecule has 4 rings (SSSR count). The summed E-state index contributed by atoms with van der Waals surface area (Å²) < 4.78 is 0. The monoisotopic (exact) mass is 193 g/mol. The van der Waals surface area contributed by atoms with Crippen LogP contribution in [0, 0.1) is 17.3 Å². The van der Waals surface area contributed by atoms with E-state index >= 15 is 0 Å². The summed E-state index contributed by atoms with van der Waals surface area (Å²) in [6, 6.07) is 0. The summed E-state index contributed by atoms with van der Waals surface area (Å²) in [5.41, 5.74) is 1.30. The molecule has 2 unspecified atom stereocenters. The fourth-order valence-electron chi connectivity index (χ4n) is 5.16. The molecule has 14 heavy (non-hydrogen) atoms. The molecule has 0 heterocycles. The molecule has 0 aromatic rings. The topological polar surface area (TPSA) is 12.0 Å².